The van der Waals surface area contributed by atoms with Gasteiger partial charge in [-0.15, -0.1) is 0 Å². The zero-order valence-corrected chi connectivity index (χ0v) is 25.0. The maximum absolute atomic E-state index is 14.4. The summed E-state index contributed by atoms with van der Waals surface area (Å²) >= 11 is 5.94. The standard InChI is InChI=1S/C28H34ClFN6O2Si/c1-18-24(16-35(5)34-18)33-27-31-12-10-23(32-27)19-11-13-36(26(37)15-19)25(17-38-39(6,7)28(2,3)4)20-8-9-21(29)22(30)14-20/h8-16,25H,17H2,1-7H3,(H,31,32,33)/t25-/m1/s1. The lowest BCUT2D eigenvalue weighted by Gasteiger charge is -2.37. The fourth-order valence-corrected chi connectivity index (χ4v) is 5.01. The third kappa shape index (κ3) is 6.46. The number of pyridine rings is 1. The zero-order valence-electron chi connectivity index (χ0n) is 23.3. The Morgan fingerprint density at radius 3 is 2.54 bits per heavy atom. The average Bonchev–Trinajstić information content (AvgIpc) is 3.17. The molecule has 0 saturated carbocycles. The second-order valence-electron chi connectivity index (χ2n) is 11.1. The molecule has 0 radical (unpaired) electrons. The van der Waals surface area contributed by atoms with E-state index >= 15 is 0 Å². The van der Waals surface area contributed by atoms with Crippen molar-refractivity contribution >= 4 is 31.6 Å². The first kappa shape index (κ1) is 28.7. The fourth-order valence-electron chi connectivity index (χ4n) is 3.89. The summed E-state index contributed by atoms with van der Waals surface area (Å²) in [6, 6.07) is 9.14. The highest BCUT2D eigenvalue weighted by Crippen LogP contribution is 2.37. The van der Waals surface area contributed by atoms with Gasteiger partial charge in [0, 0.05) is 37.3 Å². The second-order valence-corrected chi connectivity index (χ2v) is 16.3. The molecule has 206 valence electrons. The SMILES string of the molecule is Cc1nn(C)cc1Nc1nccc(-c2ccn([C@H](CO[Si](C)(C)C(C)(C)C)c3ccc(Cl)c(F)c3)c(=O)c2)n1. The van der Waals surface area contributed by atoms with Gasteiger partial charge >= 0.3 is 0 Å². The van der Waals surface area contributed by atoms with Crippen molar-refractivity contribution < 1.29 is 8.82 Å². The smallest absolute Gasteiger partial charge is 0.251 e. The molecule has 1 aromatic carbocycles. The van der Waals surface area contributed by atoms with Gasteiger partial charge in [0.25, 0.3) is 5.56 Å². The van der Waals surface area contributed by atoms with Crippen molar-refractivity contribution in [1.82, 2.24) is 24.3 Å². The predicted molar refractivity (Wildman–Crippen MR) is 156 cm³/mol. The van der Waals surface area contributed by atoms with E-state index in [-0.39, 0.29) is 22.2 Å². The van der Waals surface area contributed by atoms with Crippen LogP contribution in [0.2, 0.25) is 23.2 Å². The lowest BCUT2D eigenvalue weighted by Crippen LogP contribution is -2.43. The van der Waals surface area contributed by atoms with E-state index < -0.39 is 20.2 Å². The van der Waals surface area contributed by atoms with Crippen LogP contribution in [0.5, 0.6) is 0 Å². The van der Waals surface area contributed by atoms with Crippen LogP contribution in [0.15, 0.2) is 59.8 Å². The van der Waals surface area contributed by atoms with Crippen molar-refractivity contribution in [2.45, 2.75) is 51.9 Å². The molecular weight excluding hydrogens is 535 g/mol. The molecule has 1 atom stereocenters. The van der Waals surface area contributed by atoms with Gasteiger partial charge in [-0.05, 0) is 54.9 Å². The predicted octanol–water partition coefficient (Wildman–Crippen LogP) is 6.49. The van der Waals surface area contributed by atoms with Crippen molar-refractivity contribution in [3.8, 4) is 11.3 Å². The molecule has 4 rings (SSSR count). The van der Waals surface area contributed by atoms with Gasteiger partial charge in [-0.3, -0.25) is 9.48 Å². The topological polar surface area (TPSA) is 86.9 Å². The molecule has 0 bridgehead atoms. The molecule has 0 spiro atoms. The summed E-state index contributed by atoms with van der Waals surface area (Å²) in [5, 5.41) is 7.50. The lowest BCUT2D eigenvalue weighted by atomic mass is 10.1. The van der Waals surface area contributed by atoms with E-state index in [2.05, 4.69) is 54.2 Å². The Kier molecular flexibility index (Phi) is 8.11. The number of rotatable bonds is 8. The minimum Gasteiger partial charge on any atom is -0.414 e. The van der Waals surface area contributed by atoms with E-state index in [9.17, 15) is 9.18 Å². The number of benzene rings is 1. The number of nitrogens with one attached hydrogen (secondary N) is 1. The van der Waals surface area contributed by atoms with Crippen LogP contribution in [-0.2, 0) is 11.5 Å². The molecule has 0 amide bonds. The number of nitrogens with zero attached hydrogens (tertiary/aromatic N) is 5. The Bertz CT molecular complexity index is 1550. The minimum absolute atomic E-state index is 0.0231. The van der Waals surface area contributed by atoms with Crippen LogP contribution in [0.4, 0.5) is 16.0 Å². The number of hydrogen-bond donors (Lipinski definition) is 1. The van der Waals surface area contributed by atoms with E-state index in [0.29, 0.717) is 22.8 Å². The van der Waals surface area contributed by atoms with Crippen LogP contribution in [-0.4, -0.2) is 39.2 Å². The highest BCUT2D eigenvalue weighted by molar-refractivity contribution is 6.74. The molecule has 3 heterocycles. The summed E-state index contributed by atoms with van der Waals surface area (Å²) in [5.74, 6) is -0.147. The normalized spacial score (nSPS) is 12.9. The fraction of sp³-hybridized carbons (Fsp3) is 0.357. The maximum atomic E-state index is 14.4. The van der Waals surface area contributed by atoms with E-state index in [0.717, 1.165) is 11.4 Å². The molecule has 0 fully saturated rings. The van der Waals surface area contributed by atoms with Gasteiger partial charge in [0.2, 0.25) is 5.95 Å². The van der Waals surface area contributed by atoms with Crippen LogP contribution in [0, 0.1) is 12.7 Å². The number of anilines is 2. The first-order valence-corrected chi connectivity index (χ1v) is 16.0. The van der Waals surface area contributed by atoms with Crippen molar-refractivity contribution in [3.05, 3.63) is 87.4 Å². The molecule has 8 nitrogen and oxygen atoms in total. The molecule has 4 aromatic rings. The zero-order chi connectivity index (χ0) is 28.5. The highest BCUT2D eigenvalue weighted by Gasteiger charge is 2.38. The van der Waals surface area contributed by atoms with Gasteiger partial charge in [0.1, 0.15) is 5.82 Å². The van der Waals surface area contributed by atoms with Crippen LogP contribution in [0.1, 0.15) is 38.1 Å². The molecule has 3 aromatic heterocycles. The highest BCUT2D eigenvalue weighted by atomic mass is 35.5. The van der Waals surface area contributed by atoms with E-state index in [1.807, 2.05) is 26.2 Å². The molecular formula is C28H34ClFN6O2Si. The van der Waals surface area contributed by atoms with Crippen molar-refractivity contribution in [2.75, 3.05) is 11.9 Å². The third-order valence-corrected chi connectivity index (χ3v) is 12.0. The summed E-state index contributed by atoms with van der Waals surface area (Å²) in [6.45, 7) is 12.9. The molecule has 0 aliphatic heterocycles. The Balaban J connectivity index is 1.67. The Hall–Kier alpha value is -3.34. The van der Waals surface area contributed by atoms with E-state index in [4.69, 9.17) is 16.0 Å². The number of halogens is 2. The number of aryl methyl sites for hydroxylation is 2. The molecule has 0 aliphatic rings. The van der Waals surface area contributed by atoms with Gasteiger partial charge in [-0.2, -0.15) is 5.10 Å². The molecule has 0 aliphatic carbocycles. The summed E-state index contributed by atoms with van der Waals surface area (Å²) in [5.41, 5.74) is 3.18. The Morgan fingerprint density at radius 1 is 1.18 bits per heavy atom. The van der Waals surface area contributed by atoms with Gasteiger partial charge in [-0.25, -0.2) is 14.4 Å². The summed E-state index contributed by atoms with van der Waals surface area (Å²) < 4.78 is 24.2. The maximum Gasteiger partial charge on any atom is 0.251 e. The van der Waals surface area contributed by atoms with Gasteiger partial charge in [-0.1, -0.05) is 38.4 Å². The van der Waals surface area contributed by atoms with Gasteiger partial charge in [0.05, 0.1) is 34.7 Å². The average molecular weight is 569 g/mol. The van der Waals surface area contributed by atoms with Crippen LogP contribution in [0.3, 0.4) is 0 Å². The van der Waals surface area contributed by atoms with Crippen LogP contribution < -0.4 is 10.9 Å². The summed E-state index contributed by atoms with van der Waals surface area (Å²) in [6.07, 6.45) is 5.18. The Morgan fingerprint density at radius 2 is 1.92 bits per heavy atom. The first-order chi connectivity index (χ1) is 18.2. The van der Waals surface area contributed by atoms with Crippen molar-refractivity contribution in [1.29, 1.82) is 0 Å². The summed E-state index contributed by atoms with van der Waals surface area (Å²) in [7, 11) is -0.304. The monoisotopic (exact) mass is 568 g/mol. The quantitative estimate of drug-likeness (QED) is 0.244. The minimum atomic E-state index is -2.15. The van der Waals surface area contributed by atoms with Crippen LogP contribution >= 0.6 is 11.6 Å². The summed E-state index contributed by atoms with van der Waals surface area (Å²) in [4.78, 5) is 22.3. The number of hydrogen-bond acceptors (Lipinski definition) is 6. The molecule has 0 saturated heterocycles. The van der Waals surface area contributed by atoms with Gasteiger partial charge in [0.15, 0.2) is 8.32 Å². The van der Waals surface area contributed by atoms with Crippen LogP contribution in [0.25, 0.3) is 11.3 Å². The first-order valence-electron chi connectivity index (χ1n) is 12.7. The number of aromatic nitrogens is 5. The second kappa shape index (κ2) is 11.0. The molecule has 11 heteroatoms. The lowest BCUT2D eigenvalue weighted by molar-refractivity contribution is 0.246. The third-order valence-electron chi connectivity index (χ3n) is 7.23. The van der Waals surface area contributed by atoms with Crippen molar-refractivity contribution in [3.63, 3.8) is 0 Å². The molecule has 39 heavy (non-hydrogen) atoms. The molecule has 0 unspecified atom stereocenters. The Labute approximate surface area is 234 Å². The van der Waals surface area contributed by atoms with Crippen molar-refractivity contribution in [2.24, 2.45) is 7.05 Å². The van der Waals surface area contributed by atoms with Gasteiger partial charge < -0.3 is 14.3 Å². The van der Waals surface area contributed by atoms with E-state index in [1.54, 1.807) is 33.8 Å². The van der Waals surface area contributed by atoms with E-state index in [1.165, 1.54) is 18.2 Å². The molecule has 1 N–H and O–H groups in total. The largest absolute Gasteiger partial charge is 0.414 e.